The third kappa shape index (κ3) is 1.92. The number of anilines is 1. The van der Waals surface area contributed by atoms with Crippen LogP contribution < -0.4 is 16.8 Å². The second-order valence-corrected chi connectivity index (χ2v) is 5.79. The molecule has 92 valence electrons. The molecule has 0 saturated heterocycles. The van der Waals surface area contributed by atoms with Crippen molar-refractivity contribution in [3.8, 4) is 0 Å². The van der Waals surface area contributed by atoms with Gasteiger partial charge in [-0.2, -0.15) is 0 Å². The van der Waals surface area contributed by atoms with E-state index in [1.54, 1.807) is 22.1 Å². The van der Waals surface area contributed by atoms with Crippen molar-refractivity contribution >= 4 is 37.9 Å². The number of hydrogen-bond acceptors (Lipinski definition) is 6. The molecule has 0 atom stereocenters. The van der Waals surface area contributed by atoms with Crippen molar-refractivity contribution in [2.45, 2.75) is 6.54 Å². The van der Waals surface area contributed by atoms with E-state index < -0.39 is 0 Å². The molecule has 0 spiro atoms. The predicted octanol–water partition coefficient (Wildman–Crippen LogP) is 1.85. The summed E-state index contributed by atoms with van der Waals surface area (Å²) in [4.78, 5) is 17.3. The average Bonchev–Trinajstić information content (AvgIpc) is 3.01. The first kappa shape index (κ1) is 11.4. The highest BCUT2D eigenvalue weighted by atomic mass is 32.1. The van der Waals surface area contributed by atoms with Crippen LogP contribution in [0.15, 0.2) is 34.7 Å². The number of hydrogen-bond donors (Lipinski definition) is 2. The molecule has 3 rings (SSSR count). The van der Waals surface area contributed by atoms with Gasteiger partial charge in [0.2, 0.25) is 0 Å². The molecule has 0 aliphatic carbocycles. The van der Waals surface area contributed by atoms with Crippen molar-refractivity contribution in [3.63, 3.8) is 0 Å². The van der Waals surface area contributed by atoms with E-state index in [0.717, 1.165) is 15.0 Å². The number of thiophene rings is 1. The standard InChI is InChI=1S/C11H10N4OS2/c12-14-11-13-5-7(18-11)6-15-3-1-9-8(10(15)16)2-4-17-9/h1-5H,6,12H2,(H,13,14). The molecule has 0 radical (unpaired) electrons. The van der Waals surface area contributed by atoms with Crippen LogP contribution >= 0.6 is 22.7 Å². The fourth-order valence-electron chi connectivity index (χ4n) is 1.75. The Kier molecular flexibility index (Phi) is 2.86. The van der Waals surface area contributed by atoms with Crippen LogP contribution in [0.5, 0.6) is 0 Å². The lowest BCUT2D eigenvalue weighted by Gasteiger charge is -2.02. The van der Waals surface area contributed by atoms with Gasteiger partial charge in [-0.1, -0.05) is 11.3 Å². The molecular formula is C11H10N4OS2. The summed E-state index contributed by atoms with van der Waals surface area (Å²) in [5.41, 5.74) is 2.53. The topological polar surface area (TPSA) is 72.9 Å². The third-order valence-electron chi connectivity index (χ3n) is 2.60. The number of thiazole rings is 1. The van der Waals surface area contributed by atoms with E-state index in [1.807, 2.05) is 23.7 Å². The smallest absolute Gasteiger partial charge is 0.259 e. The Morgan fingerprint density at radius 3 is 3.11 bits per heavy atom. The Hall–Kier alpha value is -1.70. The van der Waals surface area contributed by atoms with Crippen molar-refractivity contribution < 1.29 is 0 Å². The van der Waals surface area contributed by atoms with Crippen molar-refractivity contribution in [2.24, 2.45) is 5.84 Å². The highest BCUT2D eigenvalue weighted by Gasteiger charge is 2.06. The van der Waals surface area contributed by atoms with E-state index in [4.69, 9.17) is 5.84 Å². The van der Waals surface area contributed by atoms with Crippen LogP contribution in [0.25, 0.3) is 10.1 Å². The highest BCUT2D eigenvalue weighted by Crippen LogP contribution is 2.19. The predicted molar refractivity (Wildman–Crippen MR) is 75.1 cm³/mol. The van der Waals surface area contributed by atoms with Crippen molar-refractivity contribution in [1.29, 1.82) is 0 Å². The number of nitrogen functional groups attached to an aromatic ring is 1. The molecule has 0 aliphatic rings. The second kappa shape index (κ2) is 4.52. The summed E-state index contributed by atoms with van der Waals surface area (Å²) < 4.78 is 2.70. The van der Waals surface area contributed by atoms with Crippen LogP contribution in [0.2, 0.25) is 0 Å². The number of aromatic nitrogens is 2. The van der Waals surface area contributed by atoms with Gasteiger partial charge in [0.05, 0.1) is 11.9 Å². The molecule has 3 aromatic heterocycles. The van der Waals surface area contributed by atoms with E-state index in [0.29, 0.717) is 11.7 Å². The molecule has 5 nitrogen and oxygen atoms in total. The van der Waals surface area contributed by atoms with E-state index in [9.17, 15) is 4.79 Å². The zero-order chi connectivity index (χ0) is 12.5. The summed E-state index contributed by atoms with van der Waals surface area (Å²) in [6, 6.07) is 3.82. The molecule has 3 N–H and O–H groups in total. The normalized spacial score (nSPS) is 10.9. The first-order valence-electron chi connectivity index (χ1n) is 5.26. The Morgan fingerprint density at radius 1 is 1.44 bits per heavy atom. The van der Waals surface area contributed by atoms with Gasteiger partial charge in [0, 0.05) is 22.0 Å². The van der Waals surface area contributed by atoms with Crippen LogP contribution in [0.3, 0.4) is 0 Å². The highest BCUT2D eigenvalue weighted by molar-refractivity contribution is 7.17. The van der Waals surface area contributed by atoms with Crippen LogP contribution in [0, 0.1) is 0 Å². The minimum absolute atomic E-state index is 0.0319. The largest absolute Gasteiger partial charge is 0.310 e. The van der Waals surface area contributed by atoms with Crippen LogP contribution in [-0.4, -0.2) is 9.55 Å². The Morgan fingerprint density at radius 2 is 2.33 bits per heavy atom. The number of nitrogens with one attached hydrogen (secondary N) is 1. The minimum Gasteiger partial charge on any atom is -0.310 e. The number of pyridine rings is 1. The number of fused-ring (bicyclic) bond motifs is 1. The molecule has 0 saturated carbocycles. The minimum atomic E-state index is 0.0319. The number of nitrogens with zero attached hydrogens (tertiary/aromatic N) is 2. The van der Waals surface area contributed by atoms with E-state index in [-0.39, 0.29) is 5.56 Å². The maximum atomic E-state index is 12.2. The molecule has 7 heteroatoms. The van der Waals surface area contributed by atoms with Crippen LogP contribution in [0.1, 0.15) is 4.88 Å². The SMILES string of the molecule is NNc1ncc(Cn2ccc3sccc3c2=O)s1. The molecule has 0 fully saturated rings. The molecule has 0 bridgehead atoms. The summed E-state index contributed by atoms with van der Waals surface area (Å²) in [6.45, 7) is 0.518. The summed E-state index contributed by atoms with van der Waals surface area (Å²) >= 11 is 3.01. The van der Waals surface area contributed by atoms with E-state index >= 15 is 0 Å². The van der Waals surface area contributed by atoms with Crippen molar-refractivity contribution in [1.82, 2.24) is 9.55 Å². The maximum absolute atomic E-state index is 12.2. The summed E-state index contributed by atoms with van der Waals surface area (Å²) in [5, 5.41) is 3.35. The van der Waals surface area contributed by atoms with Crippen LogP contribution in [-0.2, 0) is 6.54 Å². The second-order valence-electron chi connectivity index (χ2n) is 3.72. The number of hydrazine groups is 1. The van der Waals surface area contributed by atoms with Crippen LogP contribution in [0.4, 0.5) is 5.13 Å². The molecule has 0 unspecified atom stereocenters. The summed E-state index contributed by atoms with van der Waals surface area (Å²) in [6.07, 6.45) is 3.54. The molecule has 3 heterocycles. The lowest BCUT2D eigenvalue weighted by atomic mass is 10.3. The van der Waals surface area contributed by atoms with Gasteiger partial charge < -0.3 is 4.57 Å². The zero-order valence-electron chi connectivity index (χ0n) is 9.29. The number of nitrogens with two attached hydrogens (primary N) is 1. The lowest BCUT2D eigenvalue weighted by molar-refractivity contribution is 0.778. The van der Waals surface area contributed by atoms with Gasteiger partial charge in [0.15, 0.2) is 5.13 Å². The third-order valence-corrected chi connectivity index (χ3v) is 4.39. The Labute approximate surface area is 110 Å². The van der Waals surface area contributed by atoms with Crippen molar-refractivity contribution in [2.75, 3.05) is 5.43 Å². The quantitative estimate of drug-likeness (QED) is 0.566. The van der Waals surface area contributed by atoms with Gasteiger partial charge in [-0.15, -0.1) is 11.3 Å². The zero-order valence-corrected chi connectivity index (χ0v) is 10.9. The van der Waals surface area contributed by atoms with E-state index in [2.05, 4.69) is 10.4 Å². The number of rotatable bonds is 3. The lowest BCUT2D eigenvalue weighted by Crippen LogP contribution is -2.18. The van der Waals surface area contributed by atoms with Gasteiger partial charge in [0.1, 0.15) is 0 Å². The Bertz CT molecular complexity index is 743. The van der Waals surface area contributed by atoms with Gasteiger partial charge >= 0.3 is 0 Å². The van der Waals surface area contributed by atoms with E-state index in [1.165, 1.54) is 11.3 Å². The first-order chi connectivity index (χ1) is 8.78. The molecule has 0 amide bonds. The molecule has 0 aromatic carbocycles. The monoisotopic (exact) mass is 278 g/mol. The summed E-state index contributed by atoms with van der Waals surface area (Å²) in [5.74, 6) is 5.28. The van der Waals surface area contributed by atoms with Gasteiger partial charge in [-0.25, -0.2) is 10.8 Å². The molecular weight excluding hydrogens is 268 g/mol. The van der Waals surface area contributed by atoms with Gasteiger partial charge in [-0.05, 0) is 17.5 Å². The molecule has 3 aromatic rings. The molecule has 18 heavy (non-hydrogen) atoms. The summed E-state index contributed by atoms with van der Waals surface area (Å²) in [7, 11) is 0. The van der Waals surface area contributed by atoms with Gasteiger partial charge in [0.25, 0.3) is 5.56 Å². The maximum Gasteiger partial charge on any atom is 0.259 e. The molecule has 0 aliphatic heterocycles. The fourth-order valence-corrected chi connectivity index (χ4v) is 3.24. The van der Waals surface area contributed by atoms with Gasteiger partial charge in [-0.3, -0.25) is 10.2 Å². The Balaban J connectivity index is 1.99. The average molecular weight is 278 g/mol. The first-order valence-corrected chi connectivity index (χ1v) is 6.95. The fraction of sp³-hybridized carbons (Fsp3) is 0.0909. The van der Waals surface area contributed by atoms with Crippen molar-refractivity contribution in [3.05, 3.63) is 45.1 Å².